The summed E-state index contributed by atoms with van der Waals surface area (Å²) in [6, 6.07) is 7.23. The van der Waals surface area contributed by atoms with Gasteiger partial charge in [0.25, 0.3) is 0 Å². The summed E-state index contributed by atoms with van der Waals surface area (Å²) in [6.07, 6.45) is 7.54. The topological polar surface area (TPSA) is 37.0 Å². The van der Waals surface area contributed by atoms with Gasteiger partial charge in [0.15, 0.2) is 0 Å². The Bertz CT molecular complexity index is 361. The van der Waals surface area contributed by atoms with Crippen molar-refractivity contribution in [1.29, 1.82) is 0 Å². The molecule has 1 aromatic rings. The van der Waals surface area contributed by atoms with Crippen molar-refractivity contribution in [3.05, 3.63) is 29.6 Å². The fraction of sp³-hybridized carbons (Fsp3) is 0.688. The van der Waals surface area contributed by atoms with Crippen molar-refractivity contribution in [3.8, 4) is 0 Å². The van der Waals surface area contributed by atoms with Gasteiger partial charge in [-0.2, -0.15) is 0 Å². The van der Waals surface area contributed by atoms with Crippen LogP contribution in [0.1, 0.15) is 50.4 Å². The quantitative estimate of drug-likeness (QED) is 0.636. The molecule has 1 aliphatic rings. The van der Waals surface area contributed by atoms with E-state index in [1.165, 1.54) is 50.0 Å². The second-order valence-corrected chi connectivity index (χ2v) is 5.48. The maximum absolute atomic E-state index is 4.71. The van der Waals surface area contributed by atoms with E-state index in [1.807, 2.05) is 0 Å². The highest BCUT2D eigenvalue weighted by Gasteiger charge is 2.19. The minimum Gasteiger partial charge on any atom is -0.314 e. The van der Waals surface area contributed by atoms with E-state index in [0.717, 1.165) is 25.6 Å². The van der Waals surface area contributed by atoms with Crippen LogP contribution in [0.15, 0.2) is 18.2 Å². The van der Waals surface area contributed by atoms with Crippen molar-refractivity contribution in [1.82, 2.24) is 15.6 Å². The van der Waals surface area contributed by atoms with E-state index in [-0.39, 0.29) is 0 Å². The summed E-state index contributed by atoms with van der Waals surface area (Å²) < 4.78 is 0. The molecule has 0 amide bonds. The standard InChI is InChI=1S/C16H27N3/c1-2-11-17-13-16-8-5-7-15(19-16)6-3-4-12-18-14-9-10-14/h5,7-8,14,17-18H,2-4,6,9-13H2,1H3. The molecule has 0 unspecified atom stereocenters. The van der Waals surface area contributed by atoms with Crippen LogP contribution >= 0.6 is 0 Å². The van der Waals surface area contributed by atoms with E-state index in [1.54, 1.807) is 0 Å². The van der Waals surface area contributed by atoms with Gasteiger partial charge in [-0.1, -0.05) is 13.0 Å². The fourth-order valence-corrected chi connectivity index (χ4v) is 2.18. The minimum atomic E-state index is 0.839. The summed E-state index contributed by atoms with van der Waals surface area (Å²) >= 11 is 0. The lowest BCUT2D eigenvalue weighted by Gasteiger charge is -2.06. The van der Waals surface area contributed by atoms with Gasteiger partial charge in [0.1, 0.15) is 0 Å². The molecule has 0 saturated heterocycles. The smallest absolute Gasteiger partial charge is 0.0544 e. The van der Waals surface area contributed by atoms with Gasteiger partial charge in [-0.05, 0) is 63.7 Å². The zero-order valence-corrected chi connectivity index (χ0v) is 12.1. The largest absolute Gasteiger partial charge is 0.314 e. The van der Waals surface area contributed by atoms with Crippen LogP contribution in [-0.4, -0.2) is 24.1 Å². The van der Waals surface area contributed by atoms with Crippen LogP contribution in [-0.2, 0) is 13.0 Å². The van der Waals surface area contributed by atoms with Crippen molar-refractivity contribution < 1.29 is 0 Å². The van der Waals surface area contributed by atoms with Crippen molar-refractivity contribution in [3.63, 3.8) is 0 Å². The molecule has 0 atom stereocenters. The zero-order valence-electron chi connectivity index (χ0n) is 12.1. The van der Waals surface area contributed by atoms with Crippen LogP contribution in [0.3, 0.4) is 0 Å². The lowest BCUT2D eigenvalue weighted by molar-refractivity contribution is 0.614. The molecule has 3 heteroatoms. The molecule has 0 aromatic carbocycles. The van der Waals surface area contributed by atoms with Gasteiger partial charge in [-0.25, -0.2) is 0 Å². The predicted molar refractivity (Wildman–Crippen MR) is 80.2 cm³/mol. The summed E-state index contributed by atoms with van der Waals surface area (Å²) in [5.74, 6) is 0. The van der Waals surface area contributed by atoms with Gasteiger partial charge < -0.3 is 10.6 Å². The van der Waals surface area contributed by atoms with Gasteiger partial charge in [-0.15, -0.1) is 0 Å². The normalized spacial score (nSPS) is 14.8. The van der Waals surface area contributed by atoms with Crippen LogP contribution in [0.2, 0.25) is 0 Å². The van der Waals surface area contributed by atoms with Crippen LogP contribution < -0.4 is 10.6 Å². The first-order valence-electron chi connectivity index (χ1n) is 7.77. The average Bonchev–Trinajstić information content (AvgIpc) is 3.23. The summed E-state index contributed by atoms with van der Waals surface area (Å²) in [7, 11) is 0. The molecule has 1 saturated carbocycles. The van der Waals surface area contributed by atoms with Crippen molar-refractivity contribution >= 4 is 0 Å². The van der Waals surface area contributed by atoms with E-state index >= 15 is 0 Å². The molecule has 0 radical (unpaired) electrons. The number of nitrogens with zero attached hydrogens (tertiary/aromatic N) is 1. The monoisotopic (exact) mass is 261 g/mol. The third-order valence-corrected chi connectivity index (χ3v) is 3.47. The summed E-state index contributed by atoms with van der Waals surface area (Å²) in [4.78, 5) is 4.71. The Morgan fingerprint density at radius 3 is 2.79 bits per heavy atom. The van der Waals surface area contributed by atoms with Gasteiger partial charge in [0.2, 0.25) is 0 Å². The first-order chi connectivity index (χ1) is 9.38. The zero-order chi connectivity index (χ0) is 13.3. The van der Waals surface area contributed by atoms with E-state index < -0.39 is 0 Å². The molecular weight excluding hydrogens is 234 g/mol. The van der Waals surface area contributed by atoms with Crippen molar-refractivity contribution in [2.45, 2.75) is 58.0 Å². The summed E-state index contributed by atoms with van der Waals surface area (Å²) in [6.45, 7) is 5.32. The van der Waals surface area contributed by atoms with E-state index in [9.17, 15) is 0 Å². The molecule has 0 aliphatic heterocycles. The fourth-order valence-electron chi connectivity index (χ4n) is 2.18. The predicted octanol–water partition coefficient (Wildman–Crippen LogP) is 2.66. The Labute approximate surface area is 117 Å². The molecule has 2 rings (SSSR count). The van der Waals surface area contributed by atoms with Crippen LogP contribution in [0.25, 0.3) is 0 Å². The molecule has 2 N–H and O–H groups in total. The number of unbranched alkanes of at least 4 members (excludes halogenated alkanes) is 1. The van der Waals surface area contributed by atoms with E-state index in [4.69, 9.17) is 4.98 Å². The number of rotatable bonds is 10. The summed E-state index contributed by atoms with van der Waals surface area (Å²) in [5.41, 5.74) is 2.41. The molecule has 106 valence electrons. The molecule has 1 fully saturated rings. The second kappa shape index (κ2) is 8.28. The molecule has 1 heterocycles. The number of aryl methyl sites for hydroxylation is 1. The number of nitrogens with one attached hydrogen (secondary N) is 2. The van der Waals surface area contributed by atoms with Gasteiger partial charge in [0.05, 0.1) is 5.69 Å². The highest BCUT2D eigenvalue weighted by molar-refractivity contribution is 5.11. The Kier molecular flexibility index (Phi) is 6.31. The number of hydrogen-bond acceptors (Lipinski definition) is 3. The molecule has 1 aliphatic carbocycles. The first kappa shape index (κ1) is 14.5. The third-order valence-electron chi connectivity index (χ3n) is 3.47. The molecule has 19 heavy (non-hydrogen) atoms. The Morgan fingerprint density at radius 1 is 1.16 bits per heavy atom. The minimum absolute atomic E-state index is 0.839. The highest BCUT2D eigenvalue weighted by Crippen LogP contribution is 2.18. The summed E-state index contributed by atoms with van der Waals surface area (Å²) in [5, 5.41) is 6.96. The number of hydrogen-bond donors (Lipinski definition) is 2. The third kappa shape index (κ3) is 6.17. The van der Waals surface area contributed by atoms with Gasteiger partial charge in [0, 0.05) is 18.3 Å². The maximum Gasteiger partial charge on any atom is 0.0544 e. The maximum atomic E-state index is 4.71. The van der Waals surface area contributed by atoms with Crippen LogP contribution in [0.5, 0.6) is 0 Å². The van der Waals surface area contributed by atoms with Crippen molar-refractivity contribution in [2.75, 3.05) is 13.1 Å². The molecule has 0 bridgehead atoms. The lowest BCUT2D eigenvalue weighted by atomic mass is 10.1. The molecule has 0 spiro atoms. The van der Waals surface area contributed by atoms with Crippen LogP contribution in [0.4, 0.5) is 0 Å². The Hall–Kier alpha value is -0.930. The van der Waals surface area contributed by atoms with Gasteiger partial charge >= 0.3 is 0 Å². The van der Waals surface area contributed by atoms with E-state index in [0.29, 0.717) is 0 Å². The van der Waals surface area contributed by atoms with Crippen molar-refractivity contribution in [2.24, 2.45) is 0 Å². The highest BCUT2D eigenvalue weighted by atomic mass is 14.9. The van der Waals surface area contributed by atoms with Gasteiger partial charge in [-0.3, -0.25) is 4.98 Å². The molecule has 1 aromatic heterocycles. The lowest BCUT2D eigenvalue weighted by Crippen LogP contribution is -2.17. The second-order valence-electron chi connectivity index (χ2n) is 5.48. The number of pyridine rings is 1. The Balaban J connectivity index is 1.62. The number of aromatic nitrogens is 1. The van der Waals surface area contributed by atoms with Crippen LogP contribution in [0, 0.1) is 0 Å². The average molecular weight is 261 g/mol. The first-order valence-corrected chi connectivity index (χ1v) is 7.77. The molecule has 3 nitrogen and oxygen atoms in total. The molecular formula is C16H27N3. The Morgan fingerprint density at radius 2 is 2.00 bits per heavy atom. The SMILES string of the molecule is CCCNCc1cccc(CCCCNC2CC2)n1. The van der Waals surface area contributed by atoms with E-state index in [2.05, 4.69) is 35.8 Å².